The molecule has 1 atom stereocenters. The number of hydrogen-bond donors (Lipinski definition) is 2. The van der Waals surface area contributed by atoms with Crippen molar-refractivity contribution >= 4 is 6.03 Å². The highest BCUT2D eigenvalue weighted by molar-refractivity contribution is 5.74. The molecular weight excluding hydrogens is 505 g/mol. The zero-order valence-electron chi connectivity index (χ0n) is 21.4. The molecule has 2 aromatic carbocycles. The number of carbonyl (C=O) groups is 1. The molecule has 4 aromatic rings. The van der Waals surface area contributed by atoms with E-state index in [4.69, 9.17) is 0 Å². The maximum atomic E-state index is 12.9. The molecule has 0 bridgehead atoms. The molecule has 1 fully saturated rings. The van der Waals surface area contributed by atoms with Gasteiger partial charge >= 0.3 is 12.2 Å². The summed E-state index contributed by atoms with van der Waals surface area (Å²) in [5.41, 5.74) is 2.14. The van der Waals surface area contributed by atoms with Gasteiger partial charge in [-0.05, 0) is 54.3 Å². The number of alkyl halides is 3. The molecule has 3 heterocycles. The van der Waals surface area contributed by atoms with Gasteiger partial charge in [-0.25, -0.2) is 9.78 Å². The molecule has 0 saturated carbocycles. The van der Waals surface area contributed by atoms with Gasteiger partial charge in [0, 0.05) is 62.7 Å². The minimum atomic E-state index is -4.34. The fourth-order valence-electron chi connectivity index (χ4n) is 4.92. The average molecular weight is 537 g/mol. The second-order valence-electron chi connectivity index (χ2n) is 9.86. The summed E-state index contributed by atoms with van der Waals surface area (Å²) in [5.74, 6) is 0. The smallest absolute Gasteiger partial charge is 0.335 e. The fourth-order valence-corrected chi connectivity index (χ4v) is 4.92. The number of urea groups is 1. The van der Waals surface area contributed by atoms with E-state index in [0.29, 0.717) is 12.2 Å². The summed E-state index contributed by atoms with van der Waals surface area (Å²) in [6.07, 6.45) is 6.49. The van der Waals surface area contributed by atoms with Crippen molar-refractivity contribution in [2.24, 2.45) is 0 Å². The summed E-state index contributed by atoms with van der Waals surface area (Å²) in [7, 11) is 0. The number of likely N-dealkylation sites (tertiary alicyclic amines) is 1. The molecule has 0 radical (unpaired) electrons. The number of halogens is 3. The van der Waals surface area contributed by atoms with E-state index in [1.54, 1.807) is 12.5 Å². The number of rotatable bonds is 8. The predicted molar refractivity (Wildman–Crippen MR) is 142 cm³/mol. The molecule has 0 unspecified atom stereocenters. The largest absolute Gasteiger partial charge is 0.416 e. The van der Waals surface area contributed by atoms with Crippen molar-refractivity contribution in [3.63, 3.8) is 0 Å². The Kier molecular flexibility index (Phi) is 8.02. The van der Waals surface area contributed by atoms with Gasteiger partial charge in [-0.3, -0.25) is 4.90 Å². The van der Waals surface area contributed by atoms with E-state index < -0.39 is 11.7 Å². The van der Waals surface area contributed by atoms with E-state index in [0.717, 1.165) is 55.7 Å². The number of carbonyl (C=O) groups excluding carboxylic acids is 1. The zero-order valence-corrected chi connectivity index (χ0v) is 21.4. The van der Waals surface area contributed by atoms with Gasteiger partial charge in [0.2, 0.25) is 0 Å². The Balaban J connectivity index is 1.10. The molecule has 0 aliphatic carbocycles. The van der Waals surface area contributed by atoms with Crippen LogP contribution in [0.3, 0.4) is 0 Å². The van der Waals surface area contributed by atoms with Crippen LogP contribution in [0.15, 0.2) is 91.8 Å². The van der Waals surface area contributed by atoms with E-state index in [-0.39, 0.29) is 18.1 Å². The Labute approximate surface area is 225 Å². The third-order valence-electron chi connectivity index (χ3n) is 7.04. The van der Waals surface area contributed by atoms with Crippen LogP contribution in [-0.2, 0) is 19.3 Å². The Morgan fingerprint density at radius 1 is 1.00 bits per heavy atom. The van der Waals surface area contributed by atoms with Crippen LogP contribution in [0, 0.1) is 0 Å². The monoisotopic (exact) mass is 536 g/mol. The lowest BCUT2D eigenvalue weighted by Gasteiger charge is -2.32. The molecule has 2 amide bonds. The van der Waals surface area contributed by atoms with Crippen LogP contribution in [0.1, 0.15) is 35.6 Å². The summed E-state index contributed by atoms with van der Waals surface area (Å²) >= 11 is 0. The molecule has 5 rings (SSSR count). The number of nitrogens with one attached hydrogen (secondary N) is 2. The van der Waals surface area contributed by atoms with E-state index in [2.05, 4.69) is 20.5 Å². The number of piperidine rings is 1. The van der Waals surface area contributed by atoms with Crippen LogP contribution in [0.25, 0.3) is 5.69 Å². The molecule has 1 aliphatic rings. The van der Waals surface area contributed by atoms with Gasteiger partial charge in [0.25, 0.3) is 0 Å². The van der Waals surface area contributed by atoms with Gasteiger partial charge in [0.05, 0.1) is 17.9 Å². The number of aromatic nitrogens is 3. The van der Waals surface area contributed by atoms with Gasteiger partial charge in [-0.15, -0.1) is 0 Å². The van der Waals surface area contributed by atoms with Crippen LogP contribution < -0.4 is 10.6 Å². The number of benzene rings is 2. The molecule has 0 spiro atoms. The molecule has 2 aromatic heterocycles. The molecule has 10 heteroatoms. The van der Waals surface area contributed by atoms with Gasteiger partial charge in [0.1, 0.15) is 0 Å². The highest BCUT2D eigenvalue weighted by Crippen LogP contribution is 2.29. The van der Waals surface area contributed by atoms with Crippen molar-refractivity contribution < 1.29 is 18.0 Å². The van der Waals surface area contributed by atoms with Crippen LogP contribution in [0.2, 0.25) is 0 Å². The number of amides is 2. The minimum absolute atomic E-state index is 0.0858. The number of hydrogen-bond acceptors (Lipinski definition) is 3. The van der Waals surface area contributed by atoms with E-state index in [9.17, 15) is 18.0 Å². The Morgan fingerprint density at radius 3 is 2.41 bits per heavy atom. The molecule has 204 valence electrons. The van der Waals surface area contributed by atoms with Crippen molar-refractivity contribution in [3.05, 3.63) is 108 Å². The third kappa shape index (κ3) is 7.08. The molecule has 1 saturated heterocycles. The lowest BCUT2D eigenvalue weighted by Crippen LogP contribution is -2.48. The second kappa shape index (κ2) is 11.8. The van der Waals surface area contributed by atoms with Gasteiger partial charge in [-0.1, -0.05) is 30.3 Å². The second-order valence-corrected chi connectivity index (χ2v) is 9.86. The molecular formula is C29H31F3N6O. The maximum Gasteiger partial charge on any atom is 0.416 e. The van der Waals surface area contributed by atoms with Crippen LogP contribution in [0.4, 0.5) is 18.0 Å². The highest BCUT2D eigenvalue weighted by Gasteiger charge is 2.30. The molecule has 1 aliphatic heterocycles. The lowest BCUT2D eigenvalue weighted by molar-refractivity contribution is -0.137. The van der Waals surface area contributed by atoms with Gasteiger partial charge in [0.15, 0.2) is 0 Å². The first-order valence-corrected chi connectivity index (χ1v) is 13.0. The van der Waals surface area contributed by atoms with Crippen molar-refractivity contribution in [3.8, 4) is 5.69 Å². The van der Waals surface area contributed by atoms with E-state index >= 15 is 0 Å². The van der Waals surface area contributed by atoms with Crippen LogP contribution >= 0.6 is 0 Å². The third-order valence-corrected chi connectivity index (χ3v) is 7.04. The van der Waals surface area contributed by atoms with Crippen LogP contribution in [0.5, 0.6) is 0 Å². The van der Waals surface area contributed by atoms with Crippen LogP contribution in [-0.4, -0.2) is 44.2 Å². The first-order chi connectivity index (χ1) is 18.8. The summed E-state index contributed by atoms with van der Waals surface area (Å²) in [6.45, 7) is 3.01. The first-order valence-electron chi connectivity index (χ1n) is 13.0. The van der Waals surface area contributed by atoms with Gasteiger partial charge < -0.3 is 19.8 Å². The zero-order chi connectivity index (χ0) is 27.2. The van der Waals surface area contributed by atoms with Crippen molar-refractivity contribution in [1.82, 2.24) is 29.7 Å². The quantitative estimate of drug-likeness (QED) is 0.317. The molecule has 39 heavy (non-hydrogen) atoms. The maximum absolute atomic E-state index is 12.9. The number of imidazole rings is 1. The van der Waals surface area contributed by atoms with Crippen molar-refractivity contribution in [2.45, 2.75) is 44.2 Å². The topological polar surface area (TPSA) is 67.1 Å². The standard InChI is InChI=1S/C29H31F3N6O/c30-29(31,32)24-6-8-26(9-7-24)38-16-10-22(19-38)18-36-14-11-25(12-15-36)34-28(39)35-27(20-37-17-13-33-21-37)23-4-2-1-3-5-23/h1-10,13,16-17,19,21,25,27H,11-12,14-15,18,20H2,(H2,34,35,39)/t27-/m1/s1. The molecule has 7 nitrogen and oxygen atoms in total. The Morgan fingerprint density at radius 2 is 1.74 bits per heavy atom. The van der Waals surface area contributed by atoms with Crippen molar-refractivity contribution in [1.29, 1.82) is 0 Å². The summed E-state index contributed by atoms with van der Waals surface area (Å²) in [6, 6.07) is 16.7. The predicted octanol–water partition coefficient (Wildman–Crippen LogP) is 5.40. The lowest BCUT2D eigenvalue weighted by atomic mass is 10.0. The minimum Gasteiger partial charge on any atom is -0.335 e. The first kappa shape index (κ1) is 26.6. The Hall–Kier alpha value is -4.05. The summed E-state index contributed by atoms with van der Waals surface area (Å²) < 4.78 is 42.3. The van der Waals surface area contributed by atoms with E-state index in [1.807, 2.05) is 64.1 Å². The highest BCUT2D eigenvalue weighted by atomic mass is 19.4. The normalized spacial score (nSPS) is 15.7. The SMILES string of the molecule is O=C(NC1CCN(Cc2ccn(-c3ccc(C(F)(F)F)cc3)c2)CC1)N[C@H](Cn1ccnc1)c1ccccc1. The summed E-state index contributed by atoms with van der Waals surface area (Å²) in [4.78, 5) is 19.3. The fraction of sp³-hybridized carbons (Fsp3) is 0.310. The Bertz CT molecular complexity index is 1330. The van der Waals surface area contributed by atoms with Crippen molar-refractivity contribution in [2.75, 3.05) is 13.1 Å². The number of nitrogens with zero attached hydrogens (tertiary/aromatic N) is 4. The average Bonchev–Trinajstić information content (AvgIpc) is 3.62. The van der Waals surface area contributed by atoms with Gasteiger partial charge in [-0.2, -0.15) is 13.2 Å². The molecule has 2 N–H and O–H groups in total. The van der Waals surface area contributed by atoms with E-state index in [1.165, 1.54) is 12.1 Å². The summed E-state index contributed by atoms with van der Waals surface area (Å²) in [5, 5.41) is 6.26.